The summed E-state index contributed by atoms with van der Waals surface area (Å²) in [4.78, 5) is 43.0. The summed E-state index contributed by atoms with van der Waals surface area (Å²) in [5.74, 6) is 0.160. The zero-order valence-corrected chi connectivity index (χ0v) is 18.0. The number of rotatable bonds is 5. The lowest BCUT2D eigenvalue weighted by Crippen LogP contribution is -2.51. The Hall–Kier alpha value is -3.26. The van der Waals surface area contributed by atoms with E-state index >= 15 is 0 Å². The van der Waals surface area contributed by atoms with Crippen molar-refractivity contribution in [1.82, 2.24) is 9.80 Å². The van der Waals surface area contributed by atoms with Crippen LogP contribution >= 0.6 is 11.8 Å². The van der Waals surface area contributed by atoms with Gasteiger partial charge in [0.1, 0.15) is 12.3 Å². The second-order valence-corrected chi connectivity index (χ2v) is 8.21. The van der Waals surface area contributed by atoms with Crippen LogP contribution in [0.3, 0.4) is 0 Å². The number of carbonyl (C=O) groups is 3. The summed E-state index contributed by atoms with van der Waals surface area (Å²) in [5.41, 5.74) is 1.83. The highest BCUT2D eigenvalue weighted by atomic mass is 32.2. The number of hydrogen-bond acceptors (Lipinski definition) is 6. The molecule has 2 heterocycles. The molecule has 0 saturated carbocycles. The molecule has 2 fully saturated rings. The van der Waals surface area contributed by atoms with Crippen molar-refractivity contribution in [3.8, 4) is 5.75 Å². The van der Waals surface area contributed by atoms with E-state index in [1.165, 1.54) is 0 Å². The lowest BCUT2D eigenvalue weighted by molar-refractivity contribution is -0.136. The van der Waals surface area contributed by atoms with Gasteiger partial charge in [0.15, 0.2) is 0 Å². The van der Waals surface area contributed by atoms with Crippen molar-refractivity contribution in [1.29, 1.82) is 0 Å². The number of methoxy groups -OCH3 is 1. The van der Waals surface area contributed by atoms with Gasteiger partial charge in [-0.2, -0.15) is 0 Å². The van der Waals surface area contributed by atoms with Crippen LogP contribution in [0.5, 0.6) is 5.75 Å². The zero-order chi connectivity index (χ0) is 21.8. The van der Waals surface area contributed by atoms with E-state index in [0.717, 1.165) is 33.7 Å². The first-order valence-corrected chi connectivity index (χ1v) is 10.8. The van der Waals surface area contributed by atoms with Crippen LogP contribution in [0.2, 0.25) is 0 Å². The Morgan fingerprint density at radius 2 is 1.68 bits per heavy atom. The summed E-state index contributed by atoms with van der Waals surface area (Å²) in [7, 11) is 1.64. The molecule has 2 aliphatic rings. The Balaban J connectivity index is 1.36. The van der Waals surface area contributed by atoms with Crippen LogP contribution in [-0.2, 0) is 9.59 Å². The summed E-state index contributed by atoms with van der Waals surface area (Å²) >= 11 is 0.873. The van der Waals surface area contributed by atoms with Gasteiger partial charge in [-0.05, 0) is 35.5 Å². The van der Waals surface area contributed by atoms with Crippen molar-refractivity contribution in [3.05, 3.63) is 65.1 Å². The molecule has 0 bridgehead atoms. The van der Waals surface area contributed by atoms with Gasteiger partial charge in [-0.15, -0.1) is 0 Å². The van der Waals surface area contributed by atoms with Crippen molar-refractivity contribution in [2.45, 2.75) is 0 Å². The zero-order valence-electron chi connectivity index (χ0n) is 17.2. The first-order chi connectivity index (χ1) is 15.1. The number of carbonyl (C=O) groups excluding carboxylic acids is 3. The van der Waals surface area contributed by atoms with E-state index in [2.05, 4.69) is 4.90 Å². The highest BCUT2D eigenvalue weighted by Gasteiger charge is 2.37. The summed E-state index contributed by atoms with van der Waals surface area (Å²) in [6, 6.07) is 17.1. The predicted molar refractivity (Wildman–Crippen MR) is 121 cm³/mol. The van der Waals surface area contributed by atoms with Gasteiger partial charge in [-0.1, -0.05) is 42.5 Å². The number of amides is 3. The van der Waals surface area contributed by atoms with Crippen molar-refractivity contribution in [2.75, 3.05) is 44.7 Å². The van der Waals surface area contributed by atoms with Crippen molar-refractivity contribution in [3.63, 3.8) is 0 Å². The van der Waals surface area contributed by atoms with Gasteiger partial charge in [-0.3, -0.25) is 19.3 Å². The quantitative estimate of drug-likeness (QED) is 0.670. The average Bonchev–Trinajstić information content (AvgIpc) is 3.07. The molecule has 0 N–H and O–H groups in total. The first-order valence-electron chi connectivity index (χ1n) is 10.0. The summed E-state index contributed by atoms with van der Waals surface area (Å²) in [6.45, 7) is 2.12. The minimum absolute atomic E-state index is 0.220. The Labute approximate surface area is 185 Å². The van der Waals surface area contributed by atoms with Gasteiger partial charge in [0, 0.05) is 26.2 Å². The molecule has 0 aliphatic carbocycles. The average molecular weight is 438 g/mol. The number of thioether (sulfide) groups is 1. The molecule has 160 valence electrons. The maximum atomic E-state index is 12.8. The topological polar surface area (TPSA) is 70.2 Å². The van der Waals surface area contributed by atoms with E-state index in [4.69, 9.17) is 4.74 Å². The molecule has 0 spiro atoms. The Morgan fingerprint density at radius 3 is 2.39 bits per heavy atom. The molecule has 2 aliphatic heterocycles. The van der Waals surface area contributed by atoms with Crippen LogP contribution in [0.25, 0.3) is 6.08 Å². The molecule has 2 aromatic rings. The van der Waals surface area contributed by atoms with Gasteiger partial charge in [0.05, 0.1) is 17.7 Å². The Kier molecular flexibility index (Phi) is 6.27. The minimum Gasteiger partial charge on any atom is -0.495 e. The van der Waals surface area contributed by atoms with E-state index in [0.29, 0.717) is 31.1 Å². The first kappa shape index (κ1) is 21.0. The van der Waals surface area contributed by atoms with Crippen LogP contribution in [0, 0.1) is 0 Å². The molecule has 0 unspecified atom stereocenters. The monoisotopic (exact) mass is 437 g/mol. The van der Waals surface area contributed by atoms with E-state index in [1.54, 1.807) is 18.1 Å². The largest absolute Gasteiger partial charge is 0.495 e. The van der Waals surface area contributed by atoms with Gasteiger partial charge in [0.25, 0.3) is 11.1 Å². The van der Waals surface area contributed by atoms with Gasteiger partial charge in [-0.25, -0.2) is 0 Å². The number of piperazine rings is 1. The Bertz CT molecular complexity index is 1020. The maximum Gasteiger partial charge on any atom is 0.294 e. The number of ether oxygens (including phenoxy) is 1. The van der Waals surface area contributed by atoms with Crippen LogP contribution < -0.4 is 9.64 Å². The highest BCUT2D eigenvalue weighted by Crippen LogP contribution is 2.32. The molecule has 4 rings (SSSR count). The standard InChI is InChI=1S/C23H23N3O4S/c1-30-19-10-6-5-9-18(19)24-11-13-25(14-12-24)21(27)16-26-22(28)20(31-23(26)29)15-17-7-3-2-4-8-17/h2-10,15H,11-14,16H2,1H3/b20-15+. The molecule has 31 heavy (non-hydrogen) atoms. The number of anilines is 1. The van der Waals surface area contributed by atoms with Crippen molar-refractivity contribution < 1.29 is 19.1 Å². The fourth-order valence-corrected chi connectivity index (χ4v) is 4.50. The summed E-state index contributed by atoms with van der Waals surface area (Å²) < 4.78 is 5.43. The minimum atomic E-state index is -0.417. The molecule has 2 aromatic carbocycles. The van der Waals surface area contributed by atoms with Crippen molar-refractivity contribution >= 4 is 40.6 Å². The lowest BCUT2D eigenvalue weighted by atomic mass is 10.2. The molecule has 7 nitrogen and oxygen atoms in total. The van der Waals surface area contributed by atoms with Crippen LogP contribution in [-0.4, -0.2) is 66.7 Å². The summed E-state index contributed by atoms with van der Waals surface area (Å²) in [5, 5.41) is -0.409. The number of benzene rings is 2. The smallest absolute Gasteiger partial charge is 0.294 e. The lowest BCUT2D eigenvalue weighted by Gasteiger charge is -2.37. The van der Waals surface area contributed by atoms with E-state index < -0.39 is 11.1 Å². The van der Waals surface area contributed by atoms with E-state index in [9.17, 15) is 14.4 Å². The molecule has 0 atom stereocenters. The number of imide groups is 1. The predicted octanol–water partition coefficient (Wildman–Crippen LogP) is 3.08. The number of para-hydroxylation sites is 2. The third-order valence-electron chi connectivity index (χ3n) is 5.32. The fourth-order valence-electron chi connectivity index (χ4n) is 3.66. The molecule has 0 aromatic heterocycles. The van der Waals surface area contributed by atoms with Crippen molar-refractivity contribution in [2.24, 2.45) is 0 Å². The third-order valence-corrected chi connectivity index (χ3v) is 6.23. The molecule has 3 amide bonds. The second kappa shape index (κ2) is 9.26. The van der Waals surface area contributed by atoms with Crippen LogP contribution in [0.4, 0.5) is 10.5 Å². The number of nitrogens with zero attached hydrogens (tertiary/aromatic N) is 3. The van der Waals surface area contributed by atoms with E-state index in [1.807, 2.05) is 54.6 Å². The highest BCUT2D eigenvalue weighted by molar-refractivity contribution is 8.18. The second-order valence-electron chi connectivity index (χ2n) is 7.22. The molecule has 8 heteroatoms. The summed E-state index contributed by atoms with van der Waals surface area (Å²) in [6.07, 6.45) is 1.68. The van der Waals surface area contributed by atoms with Crippen LogP contribution in [0.15, 0.2) is 59.5 Å². The molecular formula is C23H23N3O4S. The molecule has 0 radical (unpaired) electrons. The molecule has 2 saturated heterocycles. The van der Waals surface area contributed by atoms with Crippen LogP contribution in [0.1, 0.15) is 5.56 Å². The van der Waals surface area contributed by atoms with E-state index in [-0.39, 0.29) is 12.5 Å². The van der Waals surface area contributed by atoms with Gasteiger partial charge < -0.3 is 14.5 Å². The van der Waals surface area contributed by atoms with Gasteiger partial charge >= 0.3 is 0 Å². The molecular weight excluding hydrogens is 414 g/mol. The normalized spacial score (nSPS) is 18.1. The maximum absolute atomic E-state index is 12.8. The third kappa shape index (κ3) is 4.59. The fraction of sp³-hybridized carbons (Fsp3) is 0.261. The Morgan fingerprint density at radius 1 is 1.00 bits per heavy atom. The SMILES string of the molecule is COc1ccccc1N1CCN(C(=O)CN2C(=O)S/C(=C/c3ccccc3)C2=O)CC1. The van der Waals surface area contributed by atoms with Gasteiger partial charge in [0.2, 0.25) is 5.91 Å². The number of hydrogen-bond donors (Lipinski definition) is 0.